The second-order valence-corrected chi connectivity index (χ2v) is 7.37. The van der Waals surface area contributed by atoms with E-state index in [0.29, 0.717) is 6.42 Å². The van der Waals surface area contributed by atoms with E-state index in [4.69, 9.17) is 4.74 Å². The molecule has 0 bridgehead atoms. The topological polar surface area (TPSA) is 148 Å². The maximum absolute atomic E-state index is 11.8. The Kier molecular flexibility index (Phi) is 8.79. The number of rotatable bonds is 10. The third-order valence-corrected chi connectivity index (χ3v) is 5.08. The van der Waals surface area contributed by atoms with Gasteiger partial charge in [-0.2, -0.15) is 0 Å². The summed E-state index contributed by atoms with van der Waals surface area (Å²) in [7, 11) is 0. The highest BCUT2D eigenvalue weighted by atomic mass is 16.5. The van der Waals surface area contributed by atoms with Crippen LogP contribution in [0.1, 0.15) is 25.8 Å². The molecule has 30 heavy (non-hydrogen) atoms. The molecule has 1 aliphatic heterocycles. The zero-order valence-corrected chi connectivity index (χ0v) is 17.1. The molecule has 1 heterocycles. The van der Waals surface area contributed by atoms with Crippen LogP contribution in [-0.4, -0.2) is 75.3 Å². The molecule has 9 nitrogen and oxygen atoms in total. The van der Waals surface area contributed by atoms with Crippen LogP contribution in [0, 0.1) is 0 Å². The van der Waals surface area contributed by atoms with Crippen molar-refractivity contribution in [1.29, 1.82) is 0 Å². The maximum Gasteiger partial charge on any atom is 0.370 e. The van der Waals surface area contributed by atoms with E-state index in [2.05, 4.69) is 10.6 Å². The van der Waals surface area contributed by atoms with Gasteiger partial charge in [0, 0.05) is 13.0 Å². The van der Waals surface area contributed by atoms with Gasteiger partial charge in [-0.25, -0.2) is 4.79 Å². The summed E-state index contributed by atoms with van der Waals surface area (Å²) in [5, 5.41) is 45.0. The average molecular weight is 422 g/mol. The second-order valence-electron chi connectivity index (χ2n) is 7.37. The third-order valence-electron chi connectivity index (χ3n) is 5.08. The van der Waals surface area contributed by atoms with Crippen molar-refractivity contribution in [3.63, 3.8) is 0 Å². The molecule has 0 fully saturated rings. The summed E-state index contributed by atoms with van der Waals surface area (Å²) in [5.74, 6) is -2.15. The lowest BCUT2D eigenvalue weighted by Crippen LogP contribution is -2.64. The molecule has 0 spiro atoms. The first-order valence-corrected chi connectivity index (χ1v) is 9.92. The minimum atomic E-state index is -1.62. The highest BCUT2D eigenvalue weighted by Gasteiger charge is 2.43. The lowest BCUT2D eigenvalue weighted by atomic mass is 9.90. The molecule has 1 amide bonds. The fourth-order valence-electron chi connectivity index (χ4n) is 3.51. The Hall–Kier alpha value is -2.46. The SMILES string of the molecule is CCC(Cc1ccccc1)N[C@H]1C=C(C(=O)O)O[C@@H]([C@H](O)[C@H](O)CO)[C@@H]1NC(C)=O. The summed E-state index contributed by atoms with van der Waals surface area (Å²) in [6.07, 6.45) is -1.71. The molecule has 0 saturated carbocycles. The largest absolute Gasteiger partial charge is 0.478 e. The van der Waals surface area contributed by atoms with E-state index >= 15 is 0 Å². The molecule has 1 aromatic carbocycles. The number of aliphatic hydroxyl groups excluding tert-OH is 3. The van der Waals surface area contributed by atoms with Crippen LogP contribution in [0.15, 0.2) is 42.2 Å². The van der Waals surface area contributed by atoms with Gasteiger partial charge >= 0.3 is 5.97 Å². The summed E-state index contributed by atoms with van der Waals surface area (Å²) < 4.78 is 5.40. The maximum atomic E-state index is 11.8. The van der Waals surface area contributed by atoms with E-state index in [-0.39, 0.29) is 6.04 Å². The smallest absolute Gasteiger partial charge is 0.370 e. The summed E-state index contributed by atoms with van der Waals surface area (Å²) >= 11 is 0. The number of ether oxygens (including phenoxy) is 1. The van der Waals surface area contributed by atoms with Gasteiger partial charge in [0.15, 0.2) is 0 Å². The number of hydrogen-bond acceptors (Lipinski definition) is 7. The lowest BCUT2D eigenvalue weighted by molar-refractivity contribution is -0.146. The second kappa shape index (κ2) is 11.1. The number of carbonyl (C=O) groups is 2. The van der Waals surface area contributed by atoms with Crippen LogP contribution >= 0.6 is 0 Å². The quantitative estimate of drug-likeness (QED) is 0.297. The number of aliphatic hydroxyl groups is 3. The Morgan fingerprint density at radius 2 is 1.87 bits per heavy atom. The molecule has 6 atom stereocenters. The zero-order valence-electron chi connectivity index (χ0n) is 17.1. The molecule has 0 radical (unpaired) electrons. The van der Waals surface area contributed by atoms with E-state index in [1.165, 1.54) is 13.0 Å². The number of carbonyl (C=O) groups excluding carboxylic acids is 1. The molecular formula is C21H30N2O7. The van der Waals surface area contributed by atoms with Gasteiger partial charge in [0.1, 0.15) is 18.3 Å². The van der Waals surface area contributed by atoms with Gasteiger partial charge < -0.3 is 35.8 Å². The molecule has 9 heteroatoms. The van der Waals surface area contributed by atoms with E-state index in [0.717, 1.165) is 12.0 Å². The van der Waals surface area contributed by atoms with Crippen molar-refractivity contribution in [1.82, 2.24) is 10.6 Å². The summed E-state index contributed by atoms with van der Waals surface area (Å²) in [6, 6.07) is 8.15. The molecular weight excluding hydrogens is 392 g/mol. The molecule has 0 saturated heterocycles. The fraction of sp³-hybridized carbons (Fsp3) is 0.524. The van der Waals surface area contributed by atoms with Crippen molar-refractivity contribution in [3.8, 4) is 0 Å². The van der Waals surface area contributed by atoms with Gasteiger partial charge in [0.05, 0.1) is 18.7 Å². The van der Waals surface area contributed by atoms with Crippen molar-refractivity contribution < 1.29 is 34.8 Å². The summed E-state index contributed by atoms with van der Waals surface area (Å²) in [4.78, 5) is 23.4. The van der Waals surface area contributed by atoms with E-state index < -0.39 is 54.6 Å². The monoisotopic (exact) mass is 422 g/mol. The van der Waals surface area contributed by atoms with Crippen LogP contribution in [0.5, 0.6) is 0 Å². The number of aliphatic carboxylic acids is 1. The summed E-state index contributed by atoms with van der Waals surface area (Å²) in [5.41, 5.74) is 1.09. The van der Waals surface area contributed by atoms with Crippen LogP contribution in [0.2, 0.25) is 0 Å². The van der Waals surface area contributed by atoms with E-state index in [1.54, 1.807) is 0 Å². The highest BCUT2D eigenvalue weighted by molar-refractivity contribution is 5.84. The van der Waals surface area contributed by atoms with Crippen LogP contribution in [0.4, 0.5) is 0 Å². The molecule has 6 N–H and O–H groups in total. The number of hydrogen-bond donors (Lipinski definition) is 6. The van der Waals surface area contributed by atoms with Gasteiger partial charge in [0.2, 0.25) is 11.7 Å². The van der Waals surface area contributed by atoms with Crippen LogP contribution in [-0.2, 0) is 20.7 Å². The number of amides is 1. The first-order chi connectivity index (χ1) is 14.3. The number of carboxylic acid groups (broad SMARTS) is 1. The normalized spacial score (nSPS) is 24.2. The van der Waals surface area contributed by atoms with Gasteiger partial charge in [-0.05, 0) is 24.5 Å². The average Bonchev–Trinajstić information content (AvgIpc) is 2.73. The standard InChI is InChI=1S/C21H30N2O7/c1-3-14(9-13-7-5-4-6-8-13)23-15-10-17(21(28)29)30-20(18(15)22-12(2)25)19(27)16(26)11-24/h4-8,10,14-16,18-20,23-24,26-27H,3,9,11H2,1-2H3,(H,22,25)(H,28,29)/t14?,15-,16+,18+,19+,20+/m0/s1. The minimum Gasteiger partial charge on any atom is -0.478 e. The number of nitrogens with one attached hydrogen (secondary N) is 2. The first-order valence-electron chi connectivity index (χ1n) is 9.92. The molecule has 166 valence electrons. The Bertz CT molecular complexity index is 740. The van der Waals surface area contributed by atoms with Crippen LogP contribution in [0.25, 0.3) is 0 Å². The Balaban J connectivity index is 2.33. The predicted octanol–water partition coefficient (Wildman–Crippen LogP) is -0.448. The van der Waals surface area contributed by atoms with Crippen molar-refractivity contribution in [2.24, 2.45) is 0 Å². The molecule has 0 aliphatic carbocycles. The molecule has 2 rings (SSSR count). The van der Waals surface area contributed by atoms with Crippen molar-refractivity contribution >= 4 is 11.9 Å². The number of carboxylic acids is 1. The fourth-order valence-corrected chi connectivity index (χ4v) is 3.51. The zero-order chi connectivity index (χ0) is 22.3. The molecule has 1 aromatic rings. The molecule has 0 aromatic heterocycles. The minimum absolute atomic E-state index is 0.0568. The predicted molar refractivity (Wildman–Crippen MR) is 108 cm³/mol. The van der Waals surface area contributed by atoms with E-state index in [9.17, 15) is 30.0 Å². The van der Waals surface area contributed by atoms with Gasteiger partial charge in [-0.3, -0.25) is 4.79 Å². The van der Waals surface area contributed by atoms with Crippen molar-refractivity contribution in [2.75, 3.05) is 6.61 Å². The Morgan fingerprint density at radius 3 is 2.40 bits per heavy atom. The van der Waals surface area contributed by atoms with E-state index in [1.807, 2.05) is 37.3 Å². The van der Waals surface area contributed by atoms with Crippen LogP contribution < -0.4 is 10.6 Å². The third kappa shape index (κ3) is 6.27. The Morgan fingerprint density at radius 1 is 1.20 bits per heavy atom. The number of benzene rings is 1. The van der Waals surface area contributed by atoms with Gasteiger partial charge in [0.25, 0.3) is 0 Å². The first kappa shape index (κ1) is 23.8. The molecule has 1 unspecified atom stereocenters. The lowest BCUT2D eigenvalue weighted by Gasteiger charge is -2.41. The van der Waals surface area contributed by atoms with Crippen molar-refractivity contribution in [3.05, 3.63) is 47.7 Å². The Labute approximate surface area is 175 Å². The van der Waals surface area contributed by atoms with Gasteiger partial charge in [-0.15, -0.1) is 0 Å². The molecule has 1 aliphatic rings. The van der Waals surface area contributed by atoms with Gasteiger partial charge in [-0.1, -0.05) is 37.3 Å². The van der Waals surface area contributed by atoms with Crippen molar-refractivity contribution in [2.45, 2.75) is 63.1 Å². The highest BCUT2D eigenvalue weighted by Crippen LogP contribution is 2.24. The summed E-state index contributed by atoms with van der Waals surface area (Å²) in [6.45, 7) is 2.53. The van der Waals surface area contributed by atoms with Crippen LogP contribution in [0.3, 0.4) is 0 Å².